The van der Waals surface area contributed by atoms with E-state index in [4.69, 9.17) is 0 Å². The summed E-state index contributed by atoms with van der Waals surface area (Å²) in [6, 6.07) is 99.0. The van der Waals surface area contributed by atoms with E-state index >= 15 is 0 Å². The number of benzene rings is 13. The van der Waals surface area contributed by atoms with E-state index in [1.165, 1.54) is 150 Å². The SMILES string of the molecule is CC1(C)c2ccccc2Nc2c(-c3cccc4c(-c5cccc6c5-c5ccccc5C65c6ccccc6-c6c5ccc5ccccc65)c5cccc(-c6cccc7c6N(c6ccccc6)c6ccccc6C7(C)C)c5cc34)cccc21. The number of hydrogen-bond donors (Lipinski definition) is 1. The Labute approximate surface area is 473 Å². The molecule has 0 radical (unpaired) electrons. The first-order valence-electron chi connectivity index (χ1n) is 28.7. The normalized spacial score (nSPS) is 16.2. The molecule has 2 aliphatic carbocycles. The van der Waals surface area contributed by atoms with E-state index in [0.29, 0.717) is 0 Å². The Balaban J connectivity index is 0.999. The highest BCUT2D eigenvalue weighted by molar-refractivity contribution is 6.22. The molecule has 13 aromatic rings. The molecule has 13 aromatic carbocycles. The van der Waals surface area contributed by atoms with Gasteiger partial charge in [0.1, 0.15) is 0 Å². The number of nitrogens with one attached hydrogen (secondary N) is 1. The van der Waals surface area contributed by atoms with Gasteiger partial charge < -0.3 is 10.2 Å². The Hall–Kier alpha value is -9.76. The molecule has 1 N–H and O–H groups in total. The Bertz CT molecular complexity index is 4860. The van der Waals surface area contributed by atoms with Crippen molar-refractivity contribution in [3.05, 3.63) is 305 Å². The van der Waals surface area contributed by atoms with Crippen molar-refractivity contribution < 1.29 is 0 Å². The van der Waals surface area contributed by atoms with Gasteiger partial charge >= 0.3 is 0 Å². The van der Waals surface area contributed by atoms with Crippen LogP contribution >= 0.6 is 0 Å². The van der Waals surface area contributed by atoms with Gasteiger partial charge in [-0.3, -0.25) is 0 Å². The summed E-state index contributed by atoms with van der Waals surface area (Å²) < 4.78 is 0. The van der Waals surface area contributed by atoms with Crippen molar-refractivity contribution in [1.29, 1.82) is 0 Å². The molecule has 0 aromatic heterocycles. The van der Waals surface area contributed by atoms with Crippen molar-refractivity contribution in [1.82, 2.24) is 0 Å². The Morgan fingerprint density at radius 1 is 0.296 bits per heavy atom. The summed E-state index contributed by atoms with van der Waals surface area (Å²) in [5, 5.41) is 11.5. The molecular formula is C79H56N2. The molecule has 2 heterocycles. The largest absolute Gasteiger partial charge is 0.355 e. The average molecular weight is 1030 g/mol. The van der Waals surface area contributed by atoms with E-state index in [0.717, 1.165) is 11.4 Å². The van der Waals surface area contributed by atoms with Gasteiger partial charge in [0.15, 0.2) is 0 Å². The number of fused-ring (bicyclic) bond motifs is 18. The van der Waals surface area contributed by atoms with Crippen LogP contribution in [0.2, 0.25) is 0 Å². The highest BCUT2D eigenvalue weighted by Crippen LogP contribution is 2.66. The molecule has 2 heteroatoms. The maximum Gasteiger partial charge on any atom is 0.0725 e. The first kappa shape index (κ1) is 46.2. The van der Waals surface area contributed by atoms with E-state index in [1.54, 1.807) is 0 Å². The van der Waals surface area contributed by atoms with Crippen LogP contribution < -0.4 is 10.2 Å². The zero-order valence-electron chi connectivity index (χ0n) is 45.8. The fourth-order valence-electron chi connectivity index (χ4n) is 15.8. The van der Waals surface area contributed by atoms with E-state index < -0.39 is 5.41 Å². The minimum atomic E-state index is -0.528. The third kappa shape index (κ3) is 6.06. The molecule has 0 amide bonds. The lowest BCUT2D eigenvalue weighted by Gasteiger charge is -2.43. The van der Waals surface area contributed by atoms with Gasteiger partial charge in [-0.2, -0.15) is 0 Å². The Kier molecular flexibility index (Phi) is 9.49. The molecule has 0 saturated heterocycles. The molecule has 2 nitrogen and oxygen atoms in total. The van der Waals surface area contributed by atoms with Crippen LogP contribution in [-0.4, -0.2) is 0 Å². The number of hydrogen-bond acceptors (Lipinski definition) is 2. The van der Waals surface area contributed by atoms with Gasteiger partial charge in [-0.05, 0) is 152 Å². The summed E-state index contributed by atoms with van der Waals surface area (Å²) in [5.41, 5.74) is 28.0. The summed E-state index contributed by atoms with van der Waals surface area (Å²) in [6.07, 6.45) is 0. The lowest BCUT2D eigenvalue weighted by atomic mass is 9.70. The highest BCUT2D eigenvalue weighted by atomic mass is 15.2. The molecule has 81 heavy (non-hydrogen) atoms. The molecule has 0 saturated carbocycles. The Morgan fingerprint density at radius 3 is 1.54 bits per heavy atom. The fourth-order valence-corrected chi connectivity index (χ4v) is 15.8. The molecule has 1 spiro atoms. The van der Waals surface area contributed by atoms with Gasteiger partial charge in [0.25, 0.3) is 0 Å². The third-order valence-electron chi connectivity index (χ3n) is 19.3. The van der Waals surface area contributed by atoms with Crippen LogP contribution in [0.25, 0.3) is 88.0 Å². The van der Waals surface area contributed by atoms with Crippen molar-refractivity contribution in [2.75, 3.05) is 10.2 Å². The second-order valence-electron chi connectivity index (χ2n) is 23.9. The van der Waals surface area contributed by atoms with Crippen LogP contribution in [-0.2, 0) is 16.2 Å². The molecule has 1 unspecified atom stereocenters. The smallest absolute Gasteiger partial charge is 0.0725 e. The summed E-state index contributed by atoms with van der Waals surface area (Å²) in [6.45, 7) is 9.55. The first-order valence-corrected chi connectivity index (χ1v) is 28.7. The predicted octanol–water partition coefficient (Wildman–Crippen LogP) is 21.0. The molecule has 382 valence electrons. The van der Waals surface area contributed by atoms with Gasteiger partial charge in [-0.1, -0.05) is 258 Å². The van der Waals surface area contributed by atoms with Gasteiger partial charge in [-0.25, -0.2) is 0 Å². The van der Waals surface area contributed by atoms with Crippen LogP contribution in [0.4, 0.5) is 28.4 Å². The number of anilines is 5. The predicted molar refractivity (Wildman–Crippen MR) is 340 cm³/mol. The fraction of sp³-hybridized carbons (Fsp3) is 0.0886. The molecule has 4 aliphatic rings. The van der Waals surface area contributed by atoms with Crippen LogP contribution in [0, 0.1) is 0 Å². The molecule has 2 aliphatic heterocycles. The maximum atomic E-state index is 4.01. The summed E-state index contributed by atoms with van der Waals surface area (Å²) in [4.78, 5) is 2.53. The molecule has 0 fully saturated rings. The van der Waals surface area contributed by atoms with Crippen molar-refractivity contribution >= 4 is 60.8 Å². The van der Waals surface area contributed by atoms with Crippen molar-refractivity contribution in [2.45, 2.75) is 43.9 Å². The van der Waals surface area contributed by atoms with Crippen LogP contribution in [0.5, 0.6) is 0 Å². The lowest BCUT2D eigenvalue weighted by Crippen LogP contribution is -2.31. The average Bonchev–Trinajstić information content (AvgIpc) is 2.10. The standard InChI is InChI=1S/C79H56N2/c1-77(2)64-38-14-16-43-70(64)80-75-55(33-20-41-68(75)77)51-29-18-31-53-60(51)47-61-52(56-34-21-42-69-76(56)81(49-24-6-5-7-25-49)71-44-17-15-39-65(71)78(69,3)4)30-19-32-54(61)72(53)59-35-22-40-66-74(59)58-28-11-13-37-63(58)79(66)62-36-12-10-27-57(62)73-50-26-9-8-23-48(50)45-46-67(73)79/h5-47,80H,1-4H3. The van der Waals surface area contributed by atoms with Gasteiger partial charge in [0.2, 0.25) is 0 Å². The molecule has 1 atom stereocenters. The van der Waals surface area contributed by atoms with Crippen LogP contribution in [0.3, 0.4) is 0 Å². The quantitative estimate of drug-likeness (QED) is 0.177. The molecule has 0 bridgehead atoms. The second kappa shape index (κ2) is 16.6. The second-order valence-corrected chi connectivity index (χ2v) is 23.9. The zero-order valence-corrected chi connectivity index (χ0v) is 45.8. The van der Waals surface area contributed by atoms with Crippen LogP contribution in [0.15, 0.2) is 261 Å². The van der Waals surface area contributed by atoms with E-state index in [1.807, 2.05) is 0 Å². The molecular weight excluding hydrogens is 977 g/mol. The minimum Gasteiger partial charge on any atom is -0.355 e. The lowest BCUT2D eigenvalue weighted by molar-refractivity contribution is 0.632. The van der Waals surface area contributed by atoms with Gasteiger partial charge in [-0.15, -0.1) is 0 Å². The van der Waals surface area contributed by atoms with Crippen LogP contribution in [0.1, 0.15) is 72.2 Å². The third-order valence-corrected chi connectivity index (χ3v) is 19.3. The maximum absolute atomic E-state index is 4.01. The van der Waals surface area contributed by atoms with Crippen molar-refractivity contribution in [3.8, 4) is 55.6 Å². The summed E-state index contributed by atoms with van der Waals surface area (Å²) >= 11 is 0. The topological polar surface area (TPSA) is 15.3 Å². The Morgan fingerprint density at radius 2 is 0.790 bits per heavy atom. The summed E-state index contributed by atoms with van der Waals surface area (Å²) in [7, 11) is 0. The highest BCUT2D eigenvalue weighted by Gasteiger charge is 2.53. The van der Waals surface area contributed by atoms with Gasteiger partial charge in [0, 0.05) is 33.3 Å². The minimum absolute atomic E-state index is 0.218. The monoisotopic (exact) mass is 1030 g/mol. The van der Waals surface area contributed by atoms with Gasteiger partial charge in [0.05, 0.1) is 22.5 Å². The van der Waals surface area contributed by atoms with E-state index in [9.17, 15) is 0 Å². The van der Waals surface area contributed by atoms with Crippen molar-refractivity contribution in [2.24, 2.45) is 0 Å². The summed E-state index contributed by atoms with van der Waals surface area (Å²) in [5.74, 6) is 0. The first-order chi connectivity index (χ1) is 39.7. The molecule has 17 rings (SSSR count). The number of nitrogens with zero attached hydrogens (tertiary/aromatic N) is 1. The van der Waals surface area contributed by atoms with Crippen molar-refractivity contribution in [3.63, 3.8) is 0 Å². The van der Waals surface area contributed by atoms with E-state index in [-0.39, 0.29) is 10.8 Å². The number of para-hydroxylation sites is 5. The zero-order chi connectivity index (χ0) is 53.9. The number of rotatable bonds is 4. The van der Waals surface area contributed by atoms with E-state index in [2.05, 4.69) is 299 Å².